The van der Waals surface area contributed by atoms with Crippen LogP contribution in [0, 0.1) is 13.7 Å². The van der Waals surface area contributed by atoms with Gasteiger partial charge in [-0.3, -0.25) is 14.9 Å². The first-order chi connectivity index (χ1) is 12.4. The molecule has 0 bridgehead atoms. The number of rotatable bonds is 7. The zero-order valence-electron chi connectivity index (χ0n) is 14.1. The van der Waals surface area contributed by atoms with Gasteiger partial charge in [-0.1, -0.05) is 12.1 Å². The number of non-ortho nitro benzene ring substituents is 1. The zero-order valence-corrected chi connectivity index (χ0v) is 16.2. The number of ether oxygens (including phenoxy) is 2. The van der Waals surface area contributed by atoms with Gasteiger partial charge in [0, 0.05) is 17.7 Å². The van der Waals surface area contributed by atoms with Crippen molar-refractivity contribution in [2.75, 3.05) is 13.7 Å². The van der Waals surface area contributed by atoms with Crippen LogP contribution < -0.4 is 14.9 Å². The highest BCUT2D eigenvalue weighted by Crippen LogP contribution is 2.25. The van der Waals surface area contributed by atoms with Crippen molar-refractivity contribution in [1.29, 1.82) is 0 Å². The van der Waals surface area contributed by atoms with Gasteiger partial charge in [-0.2, -0.15) is 5.10 Å². The molecule has 0 radical (unpaired) electrons. The van der Waals surface area contributed by atoms with E-state index in [1.165, 1.54) is 12.1 Å². The van der Waals surface area contributed by atoms with Gasteiger partial charge >= 0.3 is 0 Å². The van der Waals surface area contributed by atoms with Crippen LogP contribution in [0.25, 0.3) is 0 Å². The lowest BCUT2D eigenvalue weighted by molar-refractivity contribution is -0.384. The fourth-order valence-corrected chi connectivity index (χ4v) is 2.60. The number of halogens is 1. The summed E-state index contributed by atoms with van der Waals surface area (Å²) in [6, 6.07) is 11.3. The summed E-state index contributed by atoms with van der Waals surface area (Å²) >= 11 is 2.08. The van der Waals surface area contributed by atoms with Gasteiger partial charge in [0.05, 0.1) is 21.3 Å². The van der Waals surface area contributed by atoms with Gasteiger partial charge in [-0.25, -0.2) is 5.43 Å². The second-order valence-corrected chi connectivity index (χ2v) is 6.29. The van der Waals surface area contributed by atoms with E-state index in [-0.39, 0.29) is 12.3 Å². The number of hydrogen-bond acceptors (Lipinski definition) is 6. The Morgan fingerprint density at radius 3 is 2.73 bits per heavy atom. The first kappa shape index (κ1) is 19.6. The molecule has 0 unspecified atom stereocenters. The summed E-state index contributed by atoms with van der Waals surface area (Å²) in [5.74, 6) is 0.811. The SMILES string of the molecule is COc1ccc(OCC(=O)N/N=C(\C)c2cccc([N+](=O)[O-])c2)c(I)c1. The smallest absolute Gasteiger partial charge is 0.277 e. The fourth-order valence-electron chi connectivity index (χ4n) is 1.96. The molecular weight excluding hydrogens is 453 g/mol. The first-order valence-corrected chi connectivity index (χ1v) is 8.53. The van der Waals surface area contributed by atoms with Gasteiger partial charge in [0.25, 0.3) is 11.6 Å². The van der Waals surface area contributed by atoms with Crippen LogP contribution in [0.5, 0.6) is 11.5 Å². The summed E-state index contributed by atoms with van der Waals surface area (Å²) in [6.45, 7) is 1.43. The third-order valence-electron chi connectivity index (χ3n) is 3.32. The topological polar surface area (TPSA) is 103 Å². The Morgan fingerprint density at radius 2 is 2.08 bits per heavy atom. The monoisotopic (exact) mass is 469 g/mol. The van der Waals surface area contributed by atoms with E-state index in [2.05, 4.69) is 33.1 Å². The Kier molecular flexibility index (Phi) is 6.89. The number of methoxy groups -OCH3 is 1. The third-order valence-corrected chi connectivity index (χ3v) is 4.16. The number of amides is 1. The standard InChI is InChI=1S/C17H16IN3O5/c1-11(12-4-3-5-13(8-12)21(23)24)19-20-17(22)10-26-16-7-6-14(25-2)9-15(16)18/h3-9H,10H2,1-2H3,(H,20,22)/b19-11+. The van der Waals surface area contributed by atoms with Crippen LogP contribution in [-0.4, -0.2) is 30.3 Å². The Bertz CT molecular complexity index is 854. The minimum Gasteiger partial charge on any atom is -0.497 e. The predicted octanol–water partition coefficient (Wildman–Crippen LogP) is 3.13. The van der Waals surface area contributed by atoms with Crippen LogP contribution in [0.4, 0.5) is 5.69 Å². The maximum Gasteiger partial charge on any atom is 0.277 e. The molecule has 1 N–H and O–H groups in total. The summed E-state index contributed by atoms with van der Waals surface area (Å²) in [7, 11) is 1.57. The Balaban J connectivity index is 1.94. The van der Waals surface area contributed by atoms with Gasteiger partial charge in [0.1, 0.15) is 11.5 Å². The van der Waals surface area contributed by atoms with E-state index in [4.69, 9.17) is 9.47 Å². The maximum atomic E-state index is 11.9. The van der Waals surface area contributed by atoms with Crippen LogP contribution >= 0.6 is 22.6 Å². The van der Waals surface area contributed by atoms with Gasteiger partial charge < -0.3 is 9.47 Å². The van der Waals surface area contributed by atoms with Crippen LogP contribution in [0.15, 0.2) is 47.6 Å². The quantitative estimate of drug-likeness (QED) is 0.291. The van der Waals surface area contributed by atoms with Crippen molar-refractivity contribution >= 4 is 39.9 Å². The number of carbonyl (C=O) groups excluding carboxylic acids is 1. The molecule has 0 aliphatic heterocycles. The molecule has 0 fully saturated rings. The highest BCUT2D eigenvalue weighted by molar-refractivity contribution is 14.1. The van der Waals surface area contributed by atoms with E-state index < -0.39 is 10.8 Å². The third kappa shape index (κ3) is 5.41. The maximum absolute atomic E-state index is 11.9. The van der Waals surface area contributed by atoms with E-state index in [0.29, 0.717) is 22.8 Å². The minimum atomic E-state index is -0.486. The molecule has 0 atom stereocenters. The van der Waals surface area contributed by atoms with Crippen molar-refractivity contribution < 1.29 is 19.2 Å². The van der Waals surface area contributed by atoms with E-state index >= 15 is 0 Å². The normalized spacial score (nSPS) is 11.0. The van der Waals surface area contributed by atoms with Crippen molar-refractivity contribution in [2.45, 2.75) is 6.92 Å². The highest BCUT2D eigenvalue weighted by atomic mass is 127. The lowest BCUT2D eigenvalue weighted by Gasteiger charge is -2.09. The van der Waals surface area contributed by atoms with Crippen molar-refractivity contribution in [2.24, 2.45) is 5.10 Å². The highest BCUT2D eigenvalue weighted by Gasteiger charge is 2.09. The molecule has 0 aliphatic carbocycles. The molecule has 0 heterocycles. The summed E-state index contributed by atoms with van der Waals surface area (Å²) in [6.07, 6.45) is 0. The minimum absolute atomic E-state index is 0.0409. The van der Waals surface area contributed by atoms with E-state index in [1.807, 2.05) is 0 Å². The summed E-state index contributed by atoms with van der Waals surface area (Å²) in [5.41, 5.74) is 3.32. The molecule has 9 heteroatoms. The van der Waals surface area contributed by atoms with Gasteiger partial charge in [0.2, 0.25) is 0 Å². The predicted molar refractivity (Wildman–Crippen MR) is 105 cm³/mol. The molecule has 136 valence electrons. The first-order valence-electron chi connectivity index (χ1n) is 7.45. The molecule has 2 aromatic rings. The lowest BCUT2D eigenvalue weighted by atomic mass is 10.1. The lowest BCUT2D eigenvalue weighted by Crippen LogP contribution is -2.25. The molecule has 0 saturated carbocycles. The van der Waals surface area contributed by atoms with E-state index in [9.17, 15) is 14.9 Å². The Labute approximate surface area is 163 Å². The van der Waals surface area contributed by atoms with Gasteiger partial charge in [-0.05, 0) is 47.7 Å². The average molecular weight is 469 g/mol. The zero-order chi connectivity index (χ0) is 19.1. The number of nitro benzene ring substituents is 1. The molecule has 0 saturated heterocycles. The number of hydrazone groups is 1. The van der Waals surface area contributed by atoms with Crippen molar-refractivity contribution in [1.82, 2.24) is 5.43 Å². The largest absolute Gasteiger partial charge is 0.497 e. The fraction of sp³-hybridized carbons (Fsp3) is 0.176. The molecule has 0 aliphatic rings. The second-order valence-electron chi connectivity index (χ2n) is 5.12. The van der Waals surface area contributed by atoms with Crippen molar-refractivity contribution in [3.05, 3.63) is 61.7 Å². The Morgan fingerprint density at radius 1 is 1.31 bits per heavy atom. The van der Waals surface area contributed by atoms with Gasteiger partial charge in [0.15, 0.2) is 6.61 Å². The molecule has 1 amide bonds. The summed E-state index contributed by atoms with van der Waals surface area (Å²) in [4.78, 5) is 22.2. The summed E-state index contributed by atoms with van der Waals surface area (Å²) in [5, 5.41) is 14.7. The molecule has 26 heavy (non-hydrogen) atoms. The van der Waals surface area contributed by atoms with Crippen LogP contribution in [-0.2, 0) is 4.79 Å². The number of nitrogens with one attached hydrogen (secondary N) is 1. The number of benzene rings is 2. The molecule has 0 aromatic heterocycles. The van der Waals surface area contributed by atoms with Gasteiger partial charge in [-0.15, -0.1) is 0 Å². The average Bonchev–Trinajstić information content (AvgIpc) is 2.65. The molecular formula is C17H16IN3O5. The van der Waals surface area contributed by atoms with Crippen molar-refractivity contribution in [3.8, 4) is 11.5 Å². The molecule has 0 spiro atoms. The van der Waals surface area contributed by atoms with Crippen LogP contribution in [0.3, 0.4) is 0 Å². The number of hydrogen-bond donors (Lipinski definition) is 1. The van der Waals surface area contributed by atoms with Crippen LogP contribution in [0.1, 0.15) is 12.5 Å². The molecule has 8 nitrogen and oxygen atoms in total. The van der Waals surface area contributed by atoms with Crippen LogP contribution in [0.2, 0.25) is 0 Å². The molecule has 2 rings (SSSR count). The van der Waals surface area contributed by atoms with Crippen molar-refractivity contribution in [3.63, 3.8) is 0 Å². The Hall–Kier alpha value is -2.69. The number of nitro groups is 1. The number of nitrogens with zero attached hydrogens (tertiary/aromatic N) is 2. The second kappa shape index (κ2) is 9.13. The number of carbonyl (C=O) groups is 1. The van der Waals surface area contributed by atoms with E-state index in [1.54, 1.807) is 44.4 Å². The van der Waals surface area contributed by atoms with E-state index in [0.717, 1.165) is 3.57 Å². The molecule has 2 aromatic carbocycles. The summed E-state index contributed by atoms with van der Waals surface area (Å²) < 4.78 is 11.4.